The number of aliphatic hydroxyl groups is 1. The molecular weight excluding hydrogens is 524 g/mol. The summed E-state index contributed by atoms with van der Waals surface area (Å²) in [5, 5.41) is 12.3. The molecule has 0 aliphatic carbocycles. The first-order valence-corrected chi connectivity index (χ1v) is 14.2. The summed E-state index contributed by atoms with van der Waals surface area (Å²) in [6.07, 6.45) is 6.22. The maximum absolute atomic E-state index is 13.4. The molecule has 0 bridgehead atoms. The summed E-state index contributed by atoms with van der Waals surface area (Å²) in [4.78, 5) is 54.3. The molecule has 2 heterocycles. The highest BCUT2D eigenvalue weighted by Crippen LogP contribution is 2.22. The summed E-state index contributed by atoms with van der Waals surface area (Å²) in [6, 6.07) is 17.3. The van der Waals surface area contributed by atoms with Gasteiger partial charge < -0.3 is 24.8 Å². The number of aliphatic hydroxyl groups excluding tert-OH is 1. The summed E-state index contributed by atoms with van der Waals surface area (Å²) in [5.74, 6) is -3.14. The van der Waals surface area contributed by atoms with Gasteiger partial charge in [0, 0.05) is 13.0 Å². The minimum Gasteiger partial charge on any atom is -0.463 e. The highest BCUT2D eigenvalue weighted by atomic mass is 16.6. The maximum atomic E-state index is 13.4. The number of carbonyl (C=O) groups excluding carboxylic acids is 4. The molecule has 218 valence electrons. The van der Waals surface area contributed by atoms with E-state index >= 15 is 0 Å². The van der Waals surface area contributed by atoms with Crippen LogP contribution in [0.3, 0.4) is 0 Å². The van der Waals surface area contributed by atoms with Gasteiger partial charge in [-0.15, -0.1) is 0 Å². The van der Waals surface area contributed by atoms with Crippen LogP contribution in [0.15, 0.2) is 72.8 Å². The fourth-order valence-corrected chi connectivity index (χ4v) is 5.22. The first-order chi connectivity index (χ1) is 19.9. The summed E-state index contributed by atoms with van der Waals surface area (Å²) in [6.45, 7) is 0.0388. The Balaban J connectivity index is 1.51. The van der Waals surface area contributed by atoms with Gasteiger partial charge in [-0.05, 0) is 43.2 Å². The number of hydrogen-bond acceptors (Lipinski definition) is 7. The van der Waals surface area contributed by atoms with Gasteiger partial charge in [0.15, 0.2) is 6.04 Å². The summed E-state index contributed by atoms with van der Waals surface area (Å²) in [5.41, 5.74) is 1.76. The van der Waals surface area contributed by atoms with Crippen molar-refractivity contribution < 1.29 is 33.8 Å². The molecule has 1 saturated heterocycles. The van der Waals surface area contributed by atoms with E-state index in [4.69, 9.17) is 9.47 Å². The van der Waals surface area contributed by atoms with Gasteiger partial charge in [-0.1, -0.05) is 72.8 Å². The Labute approximate surface area is 240 Å². The van der Waals surface area contributed by atoms with E-state index in [1.54, 1.807) is 11.0 Å². The van der Waals surface area contributed by atoms with Crippen molar-refractivity contribution in [2.45, 2.75) is 57.2 Å². The van der Waals surface area contributed by atoms with Gasteiger partial charge in [0.2, 0.25) is 11.8 Å². The van der Waals surface area contributed by atoms with E-state index in [-0.39, 0.29) is 44.6 Å². The number of carbonyl (C=O) groups is 4. The minimum absolute atomic E-state index is 0.00121. The number of likely N-dealkylation sites (tertiary alicyclic amines) is 1. The highest BCUT2D eigenvalue weighted by molar-refractivity contribution is 5.89. The summed E-state index contributed by atoms with van der Waals surface area (Å²) in [7, 11) is 0. The normalized spacial score (nSPS) is 23.6. The molecule has 2 aromatic rings. The topological polar surface area (TPSA) is 122 Å². The minimum atomic E-state index is -1.23. The van der Waals surface area contributed by atoms with Crippen molar-refractivity contribution >= 4 is 23.8 Å². The SMILES string of the molecule is O=C1N[C@@H](C(=O)OCc2ccccc2)COC(=O)[C@@H](Cc2ccccc2)CC=CC[C@@H]1CC(=O)N1CCC[C@H]1CO. The molecule has 2 aliphatic heterocycles. The lowest BCUT2D eigenvalue weighted by Crippen LogP contribution is -2.49. The van der Waals surface area contributed by atoms with Crippen molar-refractivity contribution in [3.8, 4) is 0 Å². The van der Waals surface area contributed by atoms with Crippen LogP contribution in [0.4, 0.5) is 0 Å². The third kappa shape index (κ3) is 8.75. The molecule has 9 heteroatoms. The molecule has 4 atom stereocenters. The Bertz CT molecular complexity index is 1200. The van der Waals surface area contributed by atoms with E-state index < -0.39 is 35.7 Å². The predicted octanol–water partition coefficient (Wildman–Crippen LogP) is 2.96. The molecule has 1 fully saturated rings. The average molecular weight is 563 g/mol. The smallest absolute Gasteiger partial charge is 0.332 e. The molecule has 2 aliphatic rings. The second-order valence-corrected chi connectivity index (χ2v) is 10.6. The van der Waals surface area contributed by atoms with Gasteiger partial charge in [0.05, 0.1) is 24.5 Å². The number of amides is 2. The Morgan fingerprint density at radius 1 is 0.951 bits per heavy atom. The quantitative estimate of drug-likeness (QED) is 0.375. The van der Waals surface area contributed by atoms with Crippen LogP contribution >= 0.6 is 0 Å². The summed E-state index contributed by atoms with van der Waals surface area (Å²) < 4.78 is 11.0. The van der Waals surface area contributed by atoms with Gasteiger partial charge in [-0.2, -0.15) is 0 Å². The second kappa shape index (κ2) is 15.1. The van der Waals surface area contributed by atoms with Gasteiger partial charge in [-0.25, -0.2) is 4.79 Å². The fraction of sp³-hybridized carbons (Fsp3) is 0.438. The molecule has 2 aromatic carbocycles. The molecule has 2 N–H and O–H groups in total. The van der Waals surface area contributed by atoms with Crippen LogP contribution in [0.5, 0.6) is 0 Å². The largest absolute Gasteiger partial charge is 0.463 e. The van der Waals surface area contributed by atoms with Crippen LogP contribution in [0.1, 0.15) is 43.2 Å². The standard InChI is InChI=1S/C32H38N2O7/c35-20-27-16-9-17-34(27)29(36)19-25-14-7-8-15-26(18-23-10-3-1-4-11-23)31(38)41-22-28(33-30(25)37)32(39)40-21-24-12-5-2-6-13-24/h1-8,10-13,25-28,35H,9,14-22H2,(H,33,37)/t25-,26-,27+,28-/m1/s1. The third-order valence-corrected chi connectivity index (χ3v) is 7.58. The number of allylic oxidation sites excluding steroid dienone is 2. The lowest BCUT2D eigenvalue weighted by atomic mass is 9.94. The Morgan fingerprint density at radius 3 is 2.29 bits per heavy atom. The van der Waals surface area contributed by atoms with Crippen LogP contribution in [-0.4, -0.2) is 65.6 Å². The number of cyclic esters (lactones) is 1. The lowest BCUT2D eigenvalue weighted by Gasteiger charge is -2.26. The van der Waals surface area contributed by atoms with E-state index in [0.29, 0.717) is 19.4 Å². The number of esters is 2. The predicted molar refractivity (Wildman–Crippen MR) is 151 cm³/mol. The lowest BCUT2D eigenvalue weighted by molar-refractivity contribution is -0.157. The molecule has 9 nitrogen and oxygen atoms in total. The van der Waals surface area contributed by atoms with E-state index in [1.807, 2.05) is 66.7 Å². The van der Waals surface area contributed by atoms with Crippen LogP contribution in [0.25, 0.3) is 0 Å². The molecule has 4 rings (SSSR count). The first-order valence-electron chi connectivity index (χ1n) is 14.2. The second-order valence-electron chi connectivity index (χ2n) is 10.6. The Kier molecular flexibility index (Phi) is 11.1. The summed E-state index contributed by atoms with van der Waals surface area (Å²) >= 11 is 0. The van der Waals surface area contributed by atoms with Crippen LogP contribution < -0.4 is 5.32 Å². The van der Waals surface area contributed by atoms with E-state index in [2.05, 4.69) is 5.32 Å². The van der Waals surface area contributed by atoms with Crippen molar-refractivity contribution in [2.75, 3.05) is 19.8 Å². The van der Waals surface area contributed by atoms with Crippen LogP contribution in [0.2, 0.25) is 0 Å². The fourth-order valence-electron chi connectivity index (χ4n) is 5.22. The number of ether oxygens (including phenoxy) is 2. The van der Waals surface area contributed by atoms with E-state index in [1.165, 1.54) is 0 Å². The number of benzene rings is 2. The maximum Gasteiger partial charge on any atom is 0.332 e. The third-order valence-electron chi connectivity index (χ3n) is 7.58. The molecule has 2 amide bonds. The first kappa shape index (κ1) is 30.0. The zero-order valence-electron chi connectivity index (χ0n) is 23.2. The Hall–Kier alpha value is -3.98. The number of rotatable bonds is 8. The van der Waals surface area contributed by atoms with Crippen molar-refractivity contribution in [1.29, 1.82) is 0 Å². The average Bonchev–Trinajstić information content (AvgIpc) is 3.48. The zero-order chi connectivity index (χ0) is 29.0. The number of nitrogens with one attached hydrogen (secondary N) is 1. The molecule has 0 radical (unpaired) electrons. The van der Waals surface area contributed by atoms with Crippen LogP contribution in [-0.2, 0) is 41.7 Å². The Morgan fingerprint density at radius 2 is 1.61 bits per heavy atom. The van der Waals surface area contributed by atoms with Gasteiger partial charge >= 0.3 is 11.9 Å². The van der Waals surface area contributed by atoms with Gasteiger partial charge in [-0.3, -0.25) is 14.4 Å². The molecule has 0 aromatic heterocycles. The molecule has 0 spiro atoms. The molecule has 41 heavy (non-hydrogen) atoms. The monoisotopic (exact) mass is 562 g/mol. The van der Waals surface area contributed by atoms with Crippen molar-refractivity contribution in [3.05, 3.63) is 83.9 Å². The van der Waals surface area contributed by atoms with Crippen molar-refractivity contribution in [3.63, 3.8) is 0 Å². The molecule has 0 saturated carbocycles. The van der Waals surface area contributed by atoms with Crippen molar-refractivity contribution in [2.24, 2.45) is 11.8 Å². The molecule has 0 unspecified atom stereocenters. The van der Waals surface area contributed by atoms with Crippen molar-refractivity contribution in [1.82, 2.24) is 10.2 Å². The molecular formula is C32H38N2O7. The van der Waals surface area contributed by atoms with E-state index in [0.717, 1.165) is 24.0 Å². The van der Waals surface area contributed by atoms with Gasteiger partial charge in [0.25, 0.3) is 0 Å². The number of nitrogens with zero attached hydrogens (tertiary/aromatic N) is 1. The zero-order valence-corrected chi connectivity index (χ0v) is 23.2. The highest BCUT2D eigenvalue weighted by Gasteiger charge is 2.34. The van der Waals surface area contributed by atoms with Crippen LogP contribution in [0, 0.1) is 11.8 Å². The van der Waals surface area contributed by atoms with Gasteiger partial charge in [0.1, 0.15) is 13.2 Å². The van der Waals surface area contributed by atoms with E-state index in [9.17, 15) is 24.3 Å². The number of hydrogen-bond donors (Lipinski definition) is 2.